The van der Waals surface area contributed by atoms with Crippen LogP contribution in [0.25, 0.3) is 0 Å². The summed E-state index contributed by atoms with van der Waals surface area (Å²) in [6.07, 6.45) is 14.8. The summed E-state index contributed by atoms with van der Waals surface area (Å²) >= 11 is 0. The van der Waals surface area contributed by atoms with Crippen molar-refractivity contribution in [2.75, 3.05) is 0 Å². The van der Waals surface area contributed by atoms with E-state index < -0.39 is 0 Å². The number of hydrogen-bond acceptors (Lipinski definition) is 0. The van der Waals surface area contributed by atoms with Gasteiger partial charge in [-0.05, 0) is 126 Å². The minimum absolute atomic E-state index is 0.166. The Bertz CT molecular complexity index is 1210. The molecule has 3 aromatic carbocycles. The third kappa shape index (κ3) is 7.06. The highest BCUT2D eigenvalue weighted by atomic mass is 14.4. The van der Waals surface area contributed by atoms with Gasteiger partial charge in [-0.3, -0.25) is 0 Å². The number of benzene rings is 3. The van der Waals surface area contributed by atoms with Gasteiger partial charge in [0.2, 0.25) is 0 Å². The standard InChI is InChI=1S/C39H52/c1-6-31-27-36(34-20-18-33(19-21-34)32-16-14-28(2)15-17-32)23-22-35(31)25-29-10-9-11-30(24-29)26-37-12-7-8-13-38(37)39(3,4)5/h7-13,22-24,27-28,32-34H,6,14-21,25-26H2,1-5H3. The zero-order valence-corrected chi connectivity index (χ0v) is 25.4. The van der Waals surface area contributed by atoms with E-state index >= 15 is 0 Å². The second-order valence-corrected chi connectivity index (χ2v) is 14.1. The number of aryl methyl sites for hydroxylation is 1. The molecule has 0 aliphatic heterocycles. The maximum atomic E-state index is 2.58. The van der Waals surface area contributed by atoms with E-state index in [9.17, 15) is 0 Å². The Kier molecular flexibility index (Phi) is 9.00. The van der Waals surface area contributed by atoms with Gasteiger partial charge in [0, 0.05) is 0 Å². The molecule has 2 saturated carbocycles. The lowest BCUT2D eigenvalue weighted by atomic mass is 9.68. The normalized spacial score (nSPS) is 24.0. The molecule has 2 fully saturated rings. The Morgan fingerprint density at radius 3 is 1.87 bits per heavy atom. The molecular weight excluding hydrogens is 468 g/mol. The van der Waals surface area contributed by atoms with Crippen molar-refractivity contribution >= 4 is 0 Å². The van der Waals surface area contributed by atoms with Gasteiger partial charge in [0.15, 0.2) is 0 Å². The second-order valence-electron chi connectivity index (χ2n) is 14.1. The van der Waals surface area contributed by atoms with Gasteiger partial charge in [-0.25, -0.2) is 0 Å². The van der Waals surface area contributed by atoms with Crippen LogP contribution in [0, 0.1) is 17.8 Å². The fraction of sp³-hybridized carbons (Fsp3) is 0.538. The smallest absolute Gasteiger partial charge is 0.00227 e. The van der Waals surface area contributed by atoms with E-state index in [1.54, 1.807) is 11.1 Å². The largest absolute Gasteiger partial charge is 0.0625 e. The molecule has 0 heteroatoms. The van der Waals surface area contributed by atoms with E-state index in [4.69, 9.17) is 0 Å². The summed E-state index contributed by atoms with van der Waals surface area (Å²) in [4.78, 5) is 0. The Morgan fingerprint density at radius 1 is 0.615 bits per heavy atom. The molecule has 208 valence electrons. The molecule has 0 saturated heterocycles. The SMILES string of the molecule is CCc1cc(C2CCC(C3CCC(C)CC3)CC2)ccc1Cc1cccc(Cc2ccccc2C(C)(C)C)c1. The van der Waals surface area contributed by atoms with Crippen LogP contribution in [0.4, 0.5) is 0 Å². The van der Waals surface area contributed by atoms with Crippen molar-refractivity contribution in [3.8, 4) is 0 Å². The number of rotatable bonds is 7. The molecule has 2 aliphatic rings. The summed E-state index contributed by atoms with van der Waals surface area (Å²) in [5.74, 6) is 3.76. The van der Waals surface area contributed by atoms with Crippen LogP contribution in [0.2, 0.25) is 0 Å². The molecule has 0 unspecified atom stereocenters. The lowest BCUT2D eigenvalue weighted by molar-refractivity contribution is 0.165. The highest BCUT2D eigenvalue weighted by Gasteiger charge is 2.30. The number of hydrogen-bond donors (Lipinski definition) is 0. The lowest BCUT2D eigenvalue weighted by Crippen LogP contribution is -2.24. The summed E-state index contributed by atoms with van der Waals surface area (Å²) in [6, 6.07) is 25.8. The summed E-state index contributed by atoms with van der Waals surface area (Å²) in [6.45, 7) is 11.7. The fourth-order valence-corrected chi connectivity index (χ4v) is 7.78. The van der Waals surface area contributed by atoms with Crippen LogP contribution in [-0.2, 0) is 24.7 Å². The zero-order chi connectivity index (χ0) is 27.4. The van der Waals surface area contributed by atoms with Crippen molar-refractivity contribution < 1.29 is 0 Å². The fourth-order valence-electron chi connectivity index (χ4n) is 7.78. The van der Waals surface area contributed by atoms with Crippen molar-refractivity contribution in [1.29, 1.82) is 0 Å². The highest BCUT2D eigenvalue weighted by molar-refractivity contribution is 5.41. The summed E-state index contributed by atoms with van der Waals surface area (Å²) in [5, 5.41) is 0. The summed E-state index contributed by atoms with van der Waals surface area (Å²) in [7, 11) is 0. The first kappa shape index (κ1) is 28.2. The van der Waals surface area contributed by atoms with Crippen LogP contribution in [-0.4, -0.2) is 0 Å². The minimum atomic E-state index is 0.166. The zero-order valence-electron chi connectivity index (χ0n) is 25.4. The van der Waals surface area contributed by atoms with E-state index in [0.29, 0.717) is 0 Å². The van der Waals surface area contributed by atoms with Crippen molar-refractivity contribution in [3.63, 3.8) is 0 Å². The van der Waals surface area contributed by atoms with Crippen LogP contribution in [0.3, 0.4) is 0 Å². The van der Waals surface area contributed by atoms with Crippen molar-refractivity contribution in [2.24, 2.45) is 17.8 Å². The molecule has 0 aromatic heterocycles. The van der Waals surface area contributed by atoms with Gasteiger partial charge < -0.3 is 0 Å². The van der Waals surface area contributed by atoms with Crippen LogP contribution in [0.5, 0.6) is 0 Å². The third-order valence-electron chi connectivity index (χ3n) is 10.2. The van der Waals surface area contributed by atoms with E-state index in [0.717, 1.165) is 42.9 Å². The molecule has 0 nitrogen and oxygen atoms in total. The first-order valence-corrected chi connectivity index (χ1v) is 16.1. The molecule has 0 spiro atoms. The topological polar surface area (TPSA) is 0 Å². The molecule has 3 aromatic rings. The molecule has 2 aliphatic carbocycles. The van der Waals surface area contributed by atoms with Gasteiger partial charge in [0.25, 0.3) is 0 Å². The summed E-state index contributed by atoms with van der Waals surface area (Å²) in [5.41, 5.74) is 10.6. The van der Waals surface area contributed by atoms with E-state index in [2.05, 4.69) is 101 Å². The molecule has 0 radical (unpaired) electrons. The maximum absolute atomic E-state index is 2.58. The van der Waals surface area contributed by atoms with Gasteiger partial charge >= 0.3 is 0 Å². The highest BCUT2D eigenvalue weighted by Crippen LogP contribution is 2.44. The van der Waals surface area contributed by atoms with Crippen molar-refractivity contribution in [2.45, 2.75) is 117 Å². The van der Waals surface area contributed by atoms with Crippen LogP contribution >= 0.6 is 0 Å². The first-order chi connectivity index (χ1) is 18.8. The van der Waals surface area contributed by atoms with Crippen LogP contribution in [0.1, 0.15) is 131 Å². The monoisotopic (exact) mass is 520 g/mol. The second kappa shape index (κ2) is 12.4. The molecule has 5 rings (SSSR count). The van der Waals surface area contributed by atoms with Gasteiger partial charge in [0.1, 0.15) is 0 Å². The quantitative estimate of drug-likeness (QED) is 0.290. The Morgan fingerprint density at radius 2 is 1.23 bits per heavy atom. The summed E-state index contributed by atoms with van der Waals surface area (Å²) < 4.78 is 0. The van der Waals surface area contributed by atoms with E-state index in [1.807, 2.05) is 0 Å². The van der Waals surface area contributed by atoms with Gasteiger partial charge in [-0.2, -0.15) is 0 Å². The Balaban J connectivity index is 1.24. The molecule has 0 atom stereocenters. The van der Waals surface area contributed by atoms with Crippen molar-refractivity contribution in [1.82, 2.24) is 0 Å². The average Bonchev–Trinajstić information content (AvgIpc) is 2.94. The average molecular weight is 521 g/mol. The van der Waals surface area contributed by atoms with Gasteiger partial charge in [0.05, 0.1) is 0 Å². The van der Waals surface area contributed by atoms with Crippen LogP contribution < -0.4 is 0 Å². The van der Waals surface area contributed by atoms with Gasteiger partial charge in [-0.15, -0.1) is 0 Å². The van der Waals surface area contributed by atoms with Crippen molar-refractivity contribution in [3.05, 3.63) is 106 Å². The Hall–Kier alpha value is -2.34. The Labute approximate surface area is 239 Å². The predicted molar refractivity (Wildman–Crippen MR) is 169 cm³/mol. The van der Waals surface area contributed by atoms with Gasteiger partial charge in [-0.1, -0.05) is 114 Å². The van der Waals surface area contributed by atoms with E-state index in [-0.39, 0.29) is 5.41 Å². The van der Waals surface area contributed by atoms with Crippen LogP contribution in [0.15, 0.2) is 66.7 Å². The predicted octanol–water partition coefficient (Wildman–Crippen LogP) is 10.8. The first-order valence-electron chi connectivity index (χ1n) is 16.1. The molecule has 0 amide bonds. The molecule has 39 heavy (non-hydrogen) atoms. The lowest BCUT2D eigenvalue weighted by Gasteiger charge is -2.37. The molecule has 0 heterocycles. The molecule has 0 bridgehead atoms. The van der Waals surface area contributed by atoms with E-state index in [1.165, 1.54) is 79.2 Å². The maximum Gasteiger partial charge on any atom is -0.00227 e. The molecule has 0 N–H and O–H groups in total. The third-order valence-corrected chi connectivity index (χ3v) is 10.2. The molecular formula is C39H52. The minimum Gasteiger partial charge on any atom is -0.0625 e.